The number of aromatic amines is 1. The number of rotatable bonds is 3. The molecule has 9 heteroatoms. The summed E-state index contributed by atoms with van der Waals surface area (Å²) >= 11 is 6.41. The zero-order valence-corrected chi connectivity index (χ0v) is 15.2. The SMILES string of the molecule is O=C(O)c1ccc2c(=O)[nH]c3c(C(=O)Nc4ccccc4)sc(=S)n3c2c1. The molecule has 2 aromatic carbocycles. The van der Waals surface area contributed by atoms with E-state index in [1.165, 1.54) is 22.6 Å². The van der Waals surface area contributed by atoms with Gasteiger partial charge in [0.15, 0.2) is 3.95 Å². The van der Waals surface area contributed by atoms with Crippen molar-refractivity contribution in [3.05, 3.63) is 73.3 Å². The highest BCUT2D eigenvalue weighted by Crippen LogP contribution is 2.24. The van der Waals surface area contributed by atoms with Gasteiger partial charge in [0.2, 0.25) is 0 Å². The molecule has 0 aliphatic rings. The summed E-state index contributed by atoms with van der Waals surface area (Å²) < 4.78 is 1.84. The van der Waals surface area contributed by atoms with E-state index in [2.05, 4.69) is 10.3 Å². The Kier molecular flexibility index (Phi) is 4.09. The van der Waals surface area contributed by atoms with Gasteiger partial charge < -0.3 is 15.4 Å². The van der Waals surface area contributed by atoms with Gasteiger partial charge in [-0.15, -0.1) is 0 Å². The molecule has 0 unspecified atom stereocenters. The first-order valence-electron chi connectivity index (χ1n) is 7.77. The number of carboxylic acids is 1. The number of nitrogens with zero attached hydrogens (tertiary/aromatic N) is 1. The molecule has 4 aromatic rings. The van der Waals surface area contributed by atoms with Gasteiger partial charge in [-0.1, -0.05) is 29.5 Å². The fourth-order valence-corrected chi connectivity index (χ4v) is 4.06. The number of fused-ring (bicyclic) bond motifs is 3. The van der Waals surface area contributed by atoms with Gasteiger partial charge in [-0.05, 0) is 42.5 Å². The number of carbonyl (C=O) groups excluding carboxylic acids is 1. The van der Waals surface area contributed by atoms with Gasteiger partial charge >= 0.3 is 5.97 Å². The molecule has 1 amide bonds. The Labute approximate surface area is 160 Å². The second-order valence-electron chi connectivity index (χ2n) is 5.69. The summed E-state index contributed by atoms with van der Waals surface area (Å²) in [6.07, 6.45) is 0. The molecule has 0 radical (unpaired) electrons. The molecule has 134 valence electrons. The van der Waals surface area contributed by atoms with E-state index in [0.717, 1.165) is 11.3 Å². The van der Waals surface area contributed by atoms with Gasteiger partial charge in [-0.25, -0.2) is 4.79 Å². The number of benzene rings is 2. The van der Waals surface area contributed by atoms with Gasteiger partial charge in [0.05, 0.1) is 16.5 Å². The summed E-state index contributed by atoms with van der Waals surface area (Å²) in [5.41, 5.74) is 0.782. The lowest BCUT2D eigenvalue weighted by Crippen LogP contribution is -2.15. The minimum Gasteiger partial charge on any atom is -0.478 e. The van der Waals surface area contributed by atoms with Crippen molar-refractivity contribution in [1.82, 2.24) is 9.38 Å². The Morgan fingerprint density at radius 1 is 1.15 bits per heavy atom. The van der Waals surface area contributed by atoms with Crippen LogP contribution in [0.25, 0.3) is 16.6 Å². The second-order valence-corrected chi connectivity index (χ2v) is 7.34. The number of H-pyrrole nitrogens is 1. The van der Waals surface area contributed by atoms with Crippen LogP contribution in [0.15, 0.2) is 53.3 Å². The van der Waals surface area contributed by atoms with Crippen molar-refractivity contribution in [2.75, 3.05) is 5.32 Å². The van der Waals surface area contributed by atoms with Crippen LogP contribution < -0.4 is 10.9 Å². The normalized spacial score (nSPS) is 11.0. The number of para-hydroxylation sites is 1. The molecule has 27 heavy (non-hydrogen) atoms. The highest BCUT2D eigenvalue weighted by molar-refractivity contribution is 7.73. The van der Waals surface area contributed by atoms with Crippen LogP contribution in [0.5, 0.6) is 0 Å². The first-order chi connectivity index (χ1) is 13.0. The second kappa shape index (κ2) is 6.45. The number of carboxylic acid groups (broad SMARTS) is 1. The van der Waals surface area contributed by atoms with E-state index in [9.17, 15) is 19.5 Å². The van der Waals surface area contributed by atoms with Gasteiger partial charge in [-0.2, -0.15) is 0 Å². The average molecular weight is 397 g/mol. The van der Waals surface area contributed by atoms with Crippen LogP contribution in [0.4, 0.5) is 5.69 Å². The highest BCUT2D eigenvalue weighted by Gasteiger charge is 2.19. The number of carbonyl (C=O) groups is 2. The lowest BCUT2D eigenvalue weighted by molar-refractivity contribution is 0.0696. The van der Waals surface area contributed by atoms with E-state index in [1.54, 1.807) is 24.3 Å². The molecule has 0 atom stereocenters. The molecular formula is C18H11N3O4S2. The fourth-order valence-electron chi connectivity index (χ4n) is 2.79. The number of amides is 1. The predicted octanol–water partition coefficient (Wildman–Crippen LogP) is 3.52. The Morgan fingerprint density at radius 2 is 1.89 bits per heavy atom. The van der Waals surface area contributed by atoms with Crippen molar-refractivity contribution in [1.29, 1.82) is 0 Å². The Hall–Kier alpha value is -3.30. The molecule has 0 bridgehead atoms. The van der Waals surface area contributed by atoms with Crippen LogP contribution >= 0.6 is 23.6 Å². The van der Waals surface area contributed by atoms with Crippen LogP contribution in [-0.2, 0) is 0 Å². The summed E-state index contributed by atoms with van der Waals surface area (Å²) in [6, 6.07) is 13.1. The molecule has 0 saturated carbocycles. The minimum absolute atomic E-state index is 0.0257. The third-order valence-corrected chi connectivity index (χ3v) is 5.38. The molecule has 0 saturated heterocycles. The number of aromatic nitrogens is 2. The maximum Gasteiger partial charge on any atom is 0.335 e. The van der Waals surface area contributed by atoms with Crippen LogP contribution in [0.2, 0.25) is 0 Å². The Balaban J connectivity index is 1.95. The van der Waals surface area contributed by atoms with Crippen LogP contribution in [0.3, 0.4) is 0 Å². The summed E-state index contributed by atoms with van der Waals surface area (Å²) in [5, 5.41) is 12.3. The van der Waals surface area contributed by atoms with E-state index in [-0.39, 0.29) is 21.5 Å². The molecule has 0 aliphatic carbocycles. The number of aromatic carboxylic acids is 1. The van der Waals surface area contributed by atoms with E-state index >= 15 is 0 Å². The van der Waals surface area contributed by atoms with Crippen molar-refractivity contribution < 1.29 is 14.7 Å². The van der Waals surface area contributed by atoms with Crippen LogP contribution in [0, 0.1) is 3.95 Å². The number of anilines is 1. The van der Waals surface area contributed by atoms with Crippen molar-refractivity contribution >= 4 is 57.7 Å². The molecule has 0 aliphatic heterocycles. The van der Waals surface area contributed by atoms with Gasteiger partial charge in [0.25, 0.3) is 11.5 Å². The fraction of sp³-hybridized carbons (Fsp3) is 0. The number of nitrogens with one attached hydrogen (secondary N) is 2. The zero-order valence-electron chi connectivity index (χ0n) is 13.6. The number of hydrogen-bond acceptors (Lipinski definition) is 5. The predicted molar refractivity (Wildman–Crippen MR) is 106 cm³/mol. The average Bonchev–Trinajstić information content (AvgIpc) is 2.99. The van der Waals surface area contributed by atoms with Gasteiger partial charge in [-0.3, -0.25) is 14.0 Å². The molecule has 0 spiro atoms. The molecule has 3 N–H and O–H groups in total. The van der Waals surface area contributed by atoms with Crippen molar-refractivity contribution in [2.24, 2.45) is 0 Å². The third-order valence-electron chi connectivity index (χ3n) is 4.01. The first-order valence-corrected chi connectivity index (χ1v) is 8.99. The molecule has 4 rings (SSSR count). The van der Waals surface area contributed by atoms with Crippen molar-refractivity contribution in [3.8, 4) is 0 Å². The van der Waals surface area contributed by atoms with E-state index in [4.69, 9.17) is 12.2 Å². The van der Waals surface area contributed by atoms with E-state index in [0.29, 0.717) is 15.2 Å². The quantitative estimate of drug-likeness (QED) is 0.459. The van der Waals surface area contributed by atoms with E-state index in [1.807, 2.05) is 6.07 Å². The largest absolute Gasteiger partial charge is 0.478 e. The summed E-state index contributed by atoms with van der Waals surface area (Å²) in [6.45, 7) is 0. The molecular weight excluding hydrogens is 386 g/mol. The lowest BCUT2D eigenvalue weighted by atomic mass is 10.1. The standard InChI is InChI=1S/C18H11N3O4S2/c22-15-11-7-6-9(17(24)25)8-12(11)21-14(20-15)13(27-18(21)26)16(23)19-10-4-2-1-3-5-10/h1-8H,(H,19,23)(H,20,22)(H,24,25). The van der Waals surface area contributed by atoms with E-state index < -0.39 is 17.4 Å². The summed E-state index contributed by atoms with van der Waals surface area (Å²) in [4.78, 5) is 39.3. The van der Waals surface area contributed by atoms with Crippen LogP contribution in [0.1, 0.15) is 20.0 Å². The summed E-state index contributed by atoms with van der Waals surface area (Å²) in [5.74, 6) is -1.53. The highest BCUT2D eigenvalue weighted by atomic mass is 32.1. The minimum atomic E-state index is -1.12. The topological polar surface area (TPSA) is 104 Å². The van der Waals surface area contributed by atoms with Crippen molar-refractivity contribution in [3.63, 3.8) is 0 Å². The third kappa shape index (κ3) is 2.92. The molecule has 2 aromatic heterocycles. The number of hydrogen-bond donors (Lipinski definition) is 3. The number of thiazole rings is 1. The molecule has 7 nitrogen and oxygen atoms in total. The zero-order chi connectivity index (χ0) is 19.1. The lowest BCUT2D eigenvalue weighted by Gasteiger charge is -2.06. The molecule has 0 fully saturated rings. The molecule has 2 heterocycles. The first kappa shape index (κ1) is 17.1. The maximum absolute atomic E-state index is 12.7. The van der Waals surface area contributed by atoms with Crippen molar-refractivity contribution in [2.45, 2.75) is 0 Å². The Bertz CT molecular complexity index is 1340. The Morgan fingerprint density at radius 3 is 2.59 bits per heavy atom. The van der Waals surface area contributed by atoms with Crippen LogP contribution in [-0.4, -0.2) is 26.4 Å². The monoisotopic (exact) mass is 397 g/mol. The summed E-state index contributed by atoms with van der Waals surface area (Å²) in [7, 11) is 0. The maximum atomic E-state index is 12.7. The van der Waals surface area contributed by atoms with Gasteiger partial charge in [0, 0.05) is 5.69 Å². The smallest absolute Gasteiger partial charge is 0.335 e. The van der Waals surface area contributed by atoms with Gasteiger partial charge in [0.1, 0.15) is 10.5 Å².